The topological polar surface area (TPSA) is 94.5 Å². The van der Waals surface area contributed by atoms with E-state index in [1.165, 1.54) is 0 Å². The van der Waals surface area contributed by atoms with Gasteiger partial charge in [-0.05, 0) is 34.7 Å². The summed E-state index contributed by atoms with van der Waals surface area (Å²) < 4.78 is 2.73. The molecule has 0 aliphatic carbocycles. The zero-order valence-corrected chi connectivity index (χ0v) is 12.4. The largest absolute Gasteiger partial charge is 0.368 e. The van der Waals surface area contributed by atoms with Crippen LogP contribution in [-0.2, 0) is 0 Å². The molecule has 0 saturated heterocycles. The molecule has 7 nitrogen and oxygen atoms in total. The third-order valence-corrected chi connectivity index (χ3v) is 3.44. The minimum Gasteiger partial charge on any atom is -0.368 e. The molecule has 0 unspecified atom stereocenters. The number of hydrogen-bond acceptors (Lipinski definition) is 6. The number of imidazole rings is 1. The maximum absolute atomic E-state index is 5.72. The van der Waals surface area contributed by atoms with Crippen LogP contribution < -0.4 is 11.1 Å². The number of aromatic nitrogens is 5. The average molecular weight is 379 g/mol. The van der Waals surface area contributed by atoms with E-state index in [0.29, 0.717) is 11.9 Å². The van der Waals surface area contributed by atoms with Crippen LogP contribution in [0.1, 0.15) is 0 Å². The Kier molecular flexibility index (Phi) is 3.46. The number of hydrogen-bond donors (Lipinski definition) is 2. The smallest absolute Gasteiger partial charge is 0.241 e. The summed E-state index contributed by atoms with van der Waals surface area (Å²) in [6.45, 7) is 0. The van der Waals surface area contributed by atoms with Gasteiger partial charge in [0.2, 0.25) is 17.8 Å². The van der Waals surface area contributed by atoms with Crippen molar-refractivity contribution in [2.75, 3.05) is 11.1 Å². The van der Waals surface area contributed by atoms with Gasteiger partial charge in [-0.3, -0.25) is 4.57 Å². The summed E-state index contributed by atoms with van der Waals surface area (Å²) in [4.78, 5) is 16.4. The summed E-state index contributed by atoms with van der Waals surface area (Å²) in [5, 5.41) is 3.13. The van der Waals surface area contributed by atoms with Gasteiger partial charge in [-0.2, -0.15) is 15.0 Å². The van der Waals surface area contributed by atoms with Crippen molar-refractivity contribution in [3.63, 3.8) is 0 Å². The number of nitrogens with two attached hydrogens (primary N) is 1. The molecular formula is C12H10IN7. The Balaban J connectivity index is 1.97. The molecule has 1 aromatic carbocycles. The van der Waals surface area contributed by atoms with Crippen molar-refractivity contribution in [2.24, 2.45) is 0 Å². The molecule has 0 radical (unpaired) electrons. The lowest BCUT2D eigenvalue weighted by molar-refractivity contribution is 0.906. The van der Waals surface area contributed by atoms with Crippen molar-refractivity contribution in [3.8, 4) is 5.95 Å². The molecule has 2 heterocycles. The molecule has 2 aromatic heterocycles. The Morgan fingerprint density at radius 3 is 2.75 bits per heavy atom. The van der Waals surface area contributed by atoms with Crippen molar-refractivity contribution < 1.29 is 0 Å². The predicted octanol–water partition coefficient (Wildman–Crippen LogP) is 1.99. The molecule has 0 amide bonds. The maximum Gasteiger partial charge on any atom is 0.241 e. The third kappa shape index (κ3) is 2.69. The number of rotatable bonds is 3. The zero-order chi connectivity index (χ0) is 13.9. The highest BCUT2D eigenvalue weighted by Gasteiger charge is 2.07. The molecule has 0 spiro atoms. The summed E-state index contributed by atoms with van der Waals surface area (Å²) >= 11 is 2.23. The first kappa shape index (κ1) is 12.8. The molecule has 20 heavy (non-hydrogen) atoms. The Morgan fingerprint density at radius 2 is 2.00 bits per heavy atom. The van der Waals surface area contributed by atoms with Gasteiger partial charge in [0.15, 0.2) is 0 Å². The van der Waals surface area contributed by atoms with Crippen LogP contribution in [0.4, 0.5) is 17.6 Å². The van der Waals surface area contributed by atoms with Crippen molar-refractivity contribution in [2.45, 2.75) is 0 Å². The van der Waals surface area contributed by atoms with E-state index in [9.17, 15) is 0 Å². The van der Waals surface area contributed by atoms with E-state index in [4.69, 9.17) is 5.73 Å². The number of nitrogens with one attached hydrogen (secondary N) is 1. The van der Waals surface area contributed by atoms with E-state index in [2.05, 4.69) is 47.8 Å². The minimum atomic E-state index is 0.150. The molecule has 0 saturated carbocycles. The van der Waals surface area contributed by atoms with E-state index in [1.54, 1.807) is 23.3 Å². The molecular weight excluding hydrogens is 369 g/mol. The number of anilines is 3. The zero-order valence-electron chi connectivity index (χ0n) is 10.2. The van der Waals surface area contributed by atoms with Crippen LogP contribution in [0, 0.1) is 3.57 Å². The molecule has 0 aliphatic rings. The number of nitrogen functional groups attached to an aromatic ring is 1. The Hall–Kier alpha value is -2.23. The summed E-state index contributed by atoms with van der Waals surface area (Å²) in [5.74, 6) is 0.964. The summed E-state index contributed by atoms with van der Waals surface area (Å²) in [5.41, 5.74) is 6.63. The fraction of sp³-hybridized carbons (Fsp3) is 0. The first-order valence-corrected chi connectivity index (χ1v) is 6.82. The summed E-state index contributed by atoms with van der Waals surface area (Å²) in [7, 11) is 0. The lowest BCUT2D eigenvalue weighted by Gasteiger charge is -2.08. The summed E-state index contributed by atoms with van der Waals surface area (Å²) in [6.07, 6.45) is 4.99. The molecule has 100 valence electrons. The molecule has 3 N–H and O–H groups in total. The quantitative estimate of drug-likeness (QED) is 0.676. The van der Waals surface area contributed by atoms with Crippen molar-refractivity contribution >= 4 is 40.2 Å². The van der Waals surface area contributed by atoms with Gasteiger partial charge in [0.1, 0.15) is 6.33 Å². The fourth-order valence-electron chi connectivity index (χ4n) is 1.61. The van der Waals surface area contributed by atoms with Gasteiger partial charge < -0.3 is 11.1 Å². The van der Waals surface area contributed by atoms with Crippen molar-refractivity contribution in [1.29, 1.82) is 0 Å². The van der Waals surface area contributed by atoms with Crippen LogP contribution in [0.25, 0.3) is 5.95 Å². The van der Waals surface area contributed by atoms with Crippen LogP contribution in [0.5, 0.6) is 0 Å². The Labute approximate surface area is 128 Å². The first-order chi connectivity index (χ1) is 9.72. The van der Waals surface area contributed by atoms with Gasteiger partial charge in [0, 0.05) is 16.0 Å². The lowest BCUT2D eigenvalue weighted by Crippen LogP contribution is -2.08. The number of nitrogens with zero attached hydrogens (tertiary/aromatic N) is 5. The van der Waals surface area contributed by atoms with Gasteiger partial charge in [0.25, 0.3) is 0 Å². The Morgan fingerprint density at radius 1 is 1.15 bits per heavy atom. The normalized spacial score (nSPS) is 10.4. The highest BCUT2D eigenvalue weighted by molar-refractivity contribution is 14.1. The molecule has 8 heteroatoms. The van der Waals surface area contributed by atoms with Crippen LogP contribution in [-0.4, -0.2) is 24.5 Å². The monoisotopic (exact) mass is 379 g/mol. The average Bonchev–Trinajstić information content (AvgIpc) is 2.95. The van der Waals surface area contributed by atoms with Gasteiger partial charge in [-0.1, -0.05) is 12.1 Å². The SMILES string of the molecule is Nc1nc(Nc2ccccc2I)nc(-n2ccnc2)n1. The van der Waals surface area contributed by atoms with Crippen LogP contribution in [0.3, 0.4) is 0 Å². The predicted molar refractivity (Wildman–Crippen MR) is 83.8 cm³/mol. The Bertz CT molecular complexity index is 726. The maximum atomic E-state index is 5.72. The second kappa shape index (κ2) is 5.41. The third-order valence-electron chi connectivity index (χ3n) is 2.50. The molecule has 3 aromatic rings. The van der Waals surface area contributed by atoms with Crippen LogP contribution in [0.15, 0.2) is 43.0 Å². The molecule has 0 bridgehead atoms. The highest BCUT2D eigenvalue weighted by Crippen LogP contribution is 2.20. The van der Waals surface area contributed by atoms with Gasteiger partial charge in [0.05, 0.1) is 5.69 Å². The summed E-state index contributed by atoms with van der Waals surface area (Å²) in [6, 6.07) is 7.83. The van der Waals surface area contributed by atoms with Crippen LogP contribution >= 0.6 is 22.6 Å². The van der Waals surface area contributed by atoms with E-state index >= 15 is 0 Å². The van der Waals surface area contributed by atoms with Crippen LogP contribution in [0.2, 0.25) is 0 Å². The lowest BCUT2D eigenvalue weighted by atomic mass is 10.3. The van der Waals surface area contributed by atoms with Gasteiger partial charge >= 0.3 is 0 Å². The van der Waals surface area contributed by atoms with Crippen molar-refractivity contribution in [1.82, 2.24) is 24.5 Å². The second-order valence-electron chi connectivity index (χ2n) is 3.89. The number of para-hydroxylation sites is 1. The standard InChI is InChI=1S/C12H10IN7/c13-8-3-1-2-4-9(8)16-11-17-10(14)18-12(19-11)20-6-5-15-7-20/h1-7H,(H3,14,16,17,18,19). The second-order valence-corrected chi connectivity index (χ2v) is 5.05. The molecule has 0 atom stereocenters. The highest BCUT2D eigenvalue weighted by atomic mass is 127. The minimum absolute atomic E-state index is 0.150. The van der Waals surface area contributed by atoms with E-state index in [1.807, 2.05) is 24.3 Å². The van der Waals surface area contributed by atoms with E-state index < -0.39 is 0 Å². The molecule has 0 aliphatic heterocycles. The molecule has 0 fully saturated rings. The van der Waals surface area contributed by atoms with E-state index in [0.717, 1.165) is 9.26 Å². The van der Waals surface area contributed by atoms with Gasteiger partial charge in [-0.25, -0.2) is 4.98 Å². The number of halogens is 1. The van der Waals surface area contributed by atoms with Crippen molar-refractivity contribution in [3.05, 3.63) is 46.6 Å². The molecule has 3 rings (SSSR count). The number of benzene rings is 1. The first-order valence-electron chi connectivity index (χ1n) is 5.74. The fourth-order valence-corrected chi connectivity index (χ4v) is 2.13. The van der Waals surface area contributed by atoms with E-state index in [-0.39, 0.29) is 5.95 Å². The van der Waals surface area contributed by atoms with Gasteiger partial charge in [-0.15, -0.1) is 0 Å².